The van der Waals surface area contributed by atoms with Gasteiger partial charge < -0.3 is 4.40 Å². The van der Waals surface area contributed by atoms with Crippen LogP contribution in [0.2, 0.25) is 0 Å². The van der Waals surface area contributed by atoms with Gasteiger partial charge in [0.25, 0.3) is 0 Å². The van der Waals surface area contributed by atoms with Crippen LogP contribution in [0.5, 0.6) is 0 Å². The van der Waals surface area contributed by atoms with Gasteiger partial charge >= 0.3 is 0 Å². The Morgan fingerprint density at radius 3 is 2.72 bits per heavy atom. The van der Waals surface area contributed by atoms with Crippen LogP contribution in [0, 0.1) is 18.6 Å². The standard InChI is InChI=1S/C14H10F2N2/c1-9-5-6-13-17-12(8-18(13)7-9)10-3-2-4-11(15)14(10)16/h2-8H,1H3. The Kier molecular flexibility index (Phi) is 2.37. The lowest BCUT2D eigenvalue weighted by Gasteiger charge is -1.98. The first-order valence-corrected chi connectivity index (χ1v) is 5.55. The van der Waals surface area contributed by atoms with E-state index in [2.05, 4.69) is 4.98 Å². The lowest BCUT2D eigenvalue weighted by Crippen LogP contribution is -1.88. The molecule has 1 aromatic carbocycles. The van der Waals surface area contributed by atoms with Crippen LogP contribution in [-0.2, 0) is 0 Å². The summed E-state index contributed by atoms with van der Waals surface area (Å²) in [5, 5.41) is 0. The number of imidazole rings is 1. The lowest BCUT2D eigenvalue weighted by atomic mass is 10.1. The van der Waals surface area contributed by atoms with Gasteiger partial charge in [0.05, 0.1) is 5.69 Å². The number of aromatic nitrogens is 2. The van der Waals surface area contributed by atoms with E-state index >= 15 is 0 Å². The number of rotatable bonds is 1. The Morgan fingerprint density at radius 2 is 1.89 bits per heavy atom. The quantitative estimate of drug-likeness (QED) is 0.639. The summed E-state index contributed by atoms with van der Waals surface area (Å²) in [6, 6.07) is 7.86. The van der Waals surface area contributed by atoms with Crippen molar-refractivity contribution in [3.63, 3.8) is 0 Å². The summed E-state index contributed by atoms with van der Waals surface area (Å²) in [4.78, 5) is 4.28. The molecule has 0 aliphatic rings. The number of hydrogen-bond donors (Lipinski definition) is 0. The molecule has 3 aromatic rings. The molecule has 0 fully saturated rings. The number of fused-ring (bicyclic) bond motifs is 1. The average Bonchev–Trinajstić information content (AvgIpc) is 2.75. The average molecular weight is 244 g/mol. The normalized spacial score (nSPS) is 11.1. The van der Waals surface area contributed by atoms with Crippen LogP contribution in [0.4, 0.5) is 8.78 Å². The van der Waals surface area contributed by atoms with E-state index in [4.69, 9.17) is 0 Å². The maximum Gasteiger partial charge on any atom is 0.168 e. The van der Waals surface area contributed by atoms with Crippen molar-refractivity contribution < 1.29 is 8.78 Å². The third-order valence-electron chi connectivity index (χ3n) is 2.83. The van der Waals surface area contributed by atoms with E-state index in [9.17, 15) is 8.78 Å². The summed E-state index contributed by atoms with van der Waals surface area (Å²) in [5.74, 6) is -1.72. The third kappa shape index (κ3) is 1.66. The molecule has 0 atom stereocenters. The minimum atomic E-state index is -0.863. The summed E-state index contributed by atoms with van der Waals surface area (Å²) < 4.78 is 28.6. The first-order chi connectivity index (χ1) is 8.65. The highest BCUT2D eigenvalue weighted by molar-refractivity contribution is 5.63. The van der Waals surface area contributed by atoms with Gasteiger partial charge in [0.2, 0.25) is 0 Å². The van der Waals surface area contributed by atoms with Gasteiger partial charge in [0.15, 0.2) is 11.6 Å². The number of halogens is 2. The van der Waals surface area contributed by atoms with E-state index < -0.39 is 11.6 Å². The largest absolute Gasteiger partial charge is 0.306 e. The molecule has 2 nitrogen and oxygen atoms in total. The monoisotopic (exact) mass is 244 g/mol. The highest BCUT2D eigenvalue weighted by Crippen LogP contribution is 2.24. The summed E-state index contributed by atoms with van der Waals surface area (Å²) in [6.45, 7) is 1.96. The van der Waals surface area contributed by atoms with E-state index in [0.29, 0.717) is 11.3 Å². The Labute approximate surface area is 103 Å². The molecule has 0 aliphatic heterocycles. The fourth-order valence-electron chi connectivity index (χ4n) is 1.93. The van der Waals surface area contributed by atoms with E-state index in [1.165, 1.54) is 12.1 Å². The molecule has 0 unspecified atom stereocenters. The molecule has 0 spiro atoms. The van der Waals surface area contributed by atoms with Crippen LogP contribution >= 0.6 is 0 Å². The predicted molar refractivity (Wildman–Crippen MR) is 65.3 cm³/mol. The van der Waals surface area contributed by atoms with Crippen LogP contribution in [0.15, 0.2) is 42.7 Å². The zero-order chi connectivity index (χ0) is 12.7. The molecule has 2 aromatic heterocycles. The number of nitrogens with zero attached hydrogens (tertiary/aromatic N) is 2. The minimum Gasteiger partial charge on any atom is -0.306 e. The fourth-order valence-corrected chi connectivity index (χ4v) is 1.93. The van der Waals surface area contributed by atoms with Crippen LogP contribution in [0.1, 0.15) is 5.56 Å². The molecule has 2 heterocycles. The zero-order valence-corrected chi connectivity index (χ0v) is 9.69. The van der Waals surface area contributed by atoms with Gasteiger partial charge in [-0.2, -0.15) is 0 Å². The molecule has 0 aliphatic carbocycles. The molecular weight excluding hydrogens is 234 g/mol. The topological polar surface area (TPSA) is 17.3 Å². The van der Waals surface area contributed by atoms with Crippen molar-refractivity contribution in [2.24, 2.45) is 0 Å². The second-order valence-corrected chi connectivity index (χ2v) is 4.20. The smallest absolute Gasteiger partial charge is 0.168 e. The summed E-state index contributed by atoms with van der Waals surface area (Å²) in [7, 11) is 0. The first-order valence-electron chi connectivity index (χ1n) is 5.55. The van der Waals surface area contributed by atoms with Crippen molar-refractivity contribution in [3.05, 3.63) is 59.9 Å². The number of benzene rings is 1. The van der Waals surface area contributed by atoms with E-state index in [1.54, 1.807) is 10.6 Å². The first kappa shape index (κ1) is 10.9. The minimum absolute atomic E-state index is 0.177. The van der Waals surface area contributed by atoms with Gasteiger partial charge in [0.1, 0.15) is 5.65 Å². The zero-order valence-electron chi connectivity index (χ0n) is 9.69. The van der Waals surface area contributed by atoms with Crippen molar-refractivity contribution in [2.75, 3.05) is 0 Å². The van der Waals surface area contributed by atoms with Crippen LogP contribution in [0.3, 0.4) is 0 Å². The molecular formula is C14H10F2N2. The summed E-state index contributed by atoms with van der Waals surface area (Å²) in [5.41, 5.74) is 2.39. The Morgan fingerprint density at radius 1 is 1.06 bits per heavy atom. The second kappa shape index (κ2) is 3.91. The maximum atomic E-state index is 13.7. The Hall–Kier alpha value is -2.23. The maximum absolute atomic E-state index is 13.7. The van der Waals surface area contributed by atoms with Crippen molar-refractivity contribution in [2.45, 2.75) is 6.92 Å². The van der Waals surface area contributed by atoms with Crippen LogP contribution in [-0.4, -0.2) is 9.38 Å². The second-order valence-electron chi connectivity index (χ2n) is 4.20. The lowest BCUT2D eigenvalue weighted by molar-refractivity contribution is 0.511. The number of pyridine rings is 1. The summed E-state index contributed by atoms with van der Waals surface area (Å²) >= 11 is 0. The molecule has 3 rings (SSSR count). The van der Waals surface area contributed by atoms with Crippen LogP contribution < -0.4 is 0 Å². The third-order valence-corrected chi connectivity index (χ3v) is 2.83. The van der Waals surface area contributed by atoms with Gasteiger partial charge in [-0.3, -0.25) is 0 Å². The van der Waals surface area contributed by atoms with E-state index in [-0.39, 0.29) is 5.56 Å². The SMILES string of the molecule is Cc1ccc2nc(-c3cccc(F)c3F)cn2c1. The number of aryl methyl sites for hydroxylation is 1. The van der Waals surface area contributed by atoms with Crippen molar-refractivity contribution in [3.8, 4) is 11.3 Å². The molecule has 0 amide bonds. The van der Waals surface area contributed by atoms with Gasteiger partial charge in [-0.25, -0.2) is 13.8 Å². The van der Waals surface area contributed by atoms with Gasteiger partial charge in [-0.15, -0.1) is 0 Å². The Balaban J connectivity index is 2.22. The molecule has 0 bridgehead atoms. The van der Waals surface area contributed by atoms with Crippen molar-refractivity contribution >= 4 is 5.65 Å². The number of hydrogen-bond acceptors (Lipinski definition) is 1. The van der Waals surface area contributed by atoms with Crippen molar-refractivity contribution in [1.82, 2.24) is 9.38 Å². The predicted octanol–water partition coefficient (Wildman–Crippen LogP) is 3.59. The molecule has 0 N–H and O–H groups in total. The molecule has 0 saturated carbocycles. The van der Waals surface area contributed by atoms with E-state index in [0.717, 1.165) is 11.6 Å². The molecule has 4 heteroatoms. The molecule has 90 valence electrons. The molecule has 0 radical (unpaired) electrons. The van der Waals surface area contributed by atoms with Crippen molar-refractivity contribution in [1.29, 1.82) is 0 Å². The highest BCUT2D eigenvalue weighted by atomic mass is 19.2. The van der Waals surface area contributed by atoms with E-state index in [1.807, 2.05) is 25.3 Å². The molecule has 18 heavy (non-hydrogen) atoms. The van der Waals surface area contributed by atoms with Gasteiger partial charge in [-0.1, -0.05) is 12.1 Å². The fraction of sp³-hybridized carbons (Fsp3) is 0.0714. The van der Waals surface area contributed by atoms with Gasteiger partial charge in [-0.05, 0) is 30.7 Å². The van der Waals surface area contributed by atoms with Gasteiger partial charge in [0, 0.05) is 18.0 Å². The Bertz CT molecular complexity index is 732. The highest BCUT2D eigenvalue weighted by Gasteiger charge is 2.12. The van der Waals surface area contributed by atoms with Crippen LogP contribution in [0.25, 0.3) is 16.9 Å². The molecule has 0 saturated heterocycles. The summed E-state index contributed by atoms with van der Waals surface area (Å²) in [6.07, 6.45) is 3.59.